The van der Waals surface area contributed by atoms with Gasteiger partial charge >= 0.3 is 11.8 Å². The van der Waals surface area contributed by atoms with Crippen LogP contribution in [0.15, 0.2) is 39.9 Å². The van der Waals surface area contributed by atoms with Crippen molar-refractivity contribution in [1.29, 1.82) is 0 Å². The third-order valence-corrected chi connectivity index (χ3v) is 4.71. The summed E-state index contributed by atoms with van der Waals surface area (Å²) in [6.45, 7) is 1.58. The molecule has 0 aliphatic rings. The van der Waals surface area contributed by atoms with Crippen molar-refractivity contribution in [3.8, 4) is 11.5 Å². The van der Waals surface area contributed by atoms with E-state index in [0.29, 0.717) is 32.2 Å². The molecule has 9 nitrogen and oxygen atoms in total. The summed E-state index contributed by atoms with van der Waals surface area (Å²) < 4.78 is 11.4. The highest BCUT2D eigenvalue weighted by Gasteiger charge is 2.14. The molecule has 3 N–H and O–H groups in total. The Labute approximate surface area is 192 Å². The molecule has 0 aromatic heterocycles. The molecular weight excluding hydrogens is 492 g/mol. The fraction of sp³-hybridized carbons (Fsp3) is 0.200. The van der Waals surface area contributed by atoms with Gasteiger partial charge in [0.05, 0.1) is 17.8 Å². The minimum atomic E-state index is -0.898. The van der Waals surface area contributed by atoms with Gasteiger partial charge in [-0.25, -0.2) is 5.43 Å². The van der Waals surface area contributed by atoms with Gasteiger partial charge in [-0.05, 0) is 58.2 Å². The summed E-state index contributed by atoms with van der Waals surface area (Å²) in [5.74, 6) is -1.44. The zero-order valence-electron chi connectivity index (χ0n) is 16.9. The van der Waals surface area contributed by atoms with Crippen LogP contribution >= 0.6 is 27.5 Å². The molecule has 0 unspecified atom stereocenters. The summed E-state index contributed by atoms with van der Waals surface area (Å²) in [4.78, 5) is 34.8. The minimum Gasteiger partial charge on any atom is -0.493 e. The molecule has 0 fully saturated rings. The van der Waals surface area contributed by atoms with Crippen LogP contribution in [0.25, 0.3) is 0 Å². The molecular formula is C20H20BrClN4O5. The second kappa shape index (κ2) is 11.3. The first-order valence-corrected chi connectivity index (χ1v) is 10.0. The number of halogens is 2. The average molecular weight is 512 g/mol. The number of likely N-dealkylation sites (N-methyl/N-ethyl adjacent to an activating group) is 1. The Morgan fingerprint density at radius 1 is 1.19 bits per heavy atom. The number of ether oxygens (including phenoxy) is 2. The third kappa shape index (κ3) is 6.97. The smallest absolute Gasteiger partial charge is 0.329 e. The van der Waals surface area contributed by atoms with Crippen molar-refractivity contribution < 1.29 is 23.9 Å². The monoisotopic (exact) mass is 510 g/mol. The standard InChI is InChI=1S/C20H20BrClN4O5/c1-11-4-5-13(22)8-15(11)25-17(27)10-31-18-14(21)6-12(7-16(18)30-3)9-24-26-20(29)19(28)23-2/h4-9H,10H2,1-3H3,(H,23,28)(H,25,27)(H,26,29)/b24-9-. The zero-order chi connectivity index (χ0) is 23.0. The number of anilines is 1. The van der Waals surface area contributed by atoms with E-state index >= 15 is 0 Å². The number of hydrogen-bond donors (Lipinski definition) is 3. The van der Waals surface area contributed by atoms with Crippen molar-refractivity contribution in [1.82, 2.24) is 10.7 Å². The predicted octanol–water partition coefficient (Wildman–Crippen LogP) is 2.63. The molecule has 0 aliphatic carbocycles. The molecule has 164 valence electrons. The van der Waals surface area contributed by atoms with Gasteiger partial charge in [0.15, 0.2) is 18.1 Å². The number of hydrogen-bond acceptors (Lipinski definition) is 6. The number of hydrazone groups is 1. The maximum Gasteiger partial charge on any atom is 0.329 e. The van der Waals surface area contributed by atoms with E-state index < -0.39 is 11.8 Å². The molecule has 0 aliphatic heterocycles. The van der Waals surface area contributed by atoms with E-state index in [2.05, 4.69) is 37.1 Å². The highest BCUT2D eigenvalue weighted by atomic mass is 79.9. The molecule has 31 heavy (non-hydrogen) atoms. The number of amides is 3. The number of rotatable bonds is 7. The van der Waals surface area contributed by atoms with Crippen LogP contribution in [-0.4, -0.2) is 44.7 Å². The molecule has 2 aromatic carbocycles. The molecule has 2 rings (SSSR count). The lowest BCUT2D eigenvalue weighted by molar-refractivity contribution is -0.138. The van der Waals surface area contributed by atoms with Gasteiger partial charge in [0.25, 0.3) is 5.91 Å². The molecule has 3 amide bonds. The van der Waals surface area contributed by atoms with E-state index in [1.54, 1.807) is 30.3 Å². The first-order valence-electron chi connectivity index (χ1n) is 8.86. The van der Waals surface area contributed by atoms with Crippen molar-refractivity contribution in [3.05, 3.63) is 51.0 Å². The number of carbonyl (C=O) groups excluding carboxylic acids is 3. The largest absolute Gasteiger partial charge is 0.493 e. The van der Waals surface area contributed by atoms with Gasteiger partial charge in [-0.2, -0.15) is 5.10 Å². The Balaban J connectivity index is 2.06. The summed E-state index contributed by atoms with van der Waals surface area (Å²) in [6.07, 6.45) is 1.33. The maximum atomic E-state index is 12.3. The Hall–Kier alpha value is -3.11. The summed E-state index contributed by atoms with van der Waals surface area (Å²) in [5, 5.41) is 9.15. The minimum absolute atomic E-state index is 0.267. The van der Waals surface area contributed by atoms with Gasteiger partial charge < -0.3 is 20.1 Å². The van der Waals surface area contributed by atoms with Crippen molar-refractivity contribution in [2.24, 2.45) is 5.10 Å². The fourth-order valence-electron chi connectivity index (χ4n) is 2.34. The van der Waals surface area contributed by atoms with Crippen molar-refractivity contribution in [2.75, 3.05) is 26.1 Å². The third-order valence-electron chi connectivity index (χ3n) is 3.89. The lowest BCUT2D eigenvalue weighted by Gasteiger charge is -2.14. The normalized spacial score (nSPS) is 10.5. The van der Waals surface area contributed by atoms with Crippen LogP contribution in [0.4, 0.5) is 5.69 Å². The number of nitrogens with one attached hydrogen (secondary N) is 3. The molecule has 0 bridgehead atoms. The van der Waals surface area contributed by atoms with Gasteiger partial charge in [0.1, 0.15) is 0 Å². The second-order valence-electron chi connectivity index (χ2n) is 6.11. The summed E-state index contributed by atoms with van der Waals surface area (Å²) in [5.41, 5.74) is 4.10. The summed E-state index contributed by atoms with van der Waals surface area (Å²) >= 11 is 9.33. The highest BCUT2D eigenvalue weighted by Crippen LogP contribution is 2.36. The number of aryl methyl sites for hydroxylation is 1. The molecule has 0 radical (unpaired) electrons. The molecule has 11 heteroatoms. The van der Waals surface area contributed by atoms with E-state index in [1.807, 2.05) is 6.92 Å². The van der Waals surface area contributed by atoms with Crippen LogP contribution in [-0.2, 0) is 14.4 Å². The highest BCUT2D eigenvalue weighted by molar-refractivity contribution is 9.10. The Morgan fingerprint density at radius 2 is 1.94 bits per heavy atom. The van der Waals surface area contributed by atoms with Gasteiger partial charge in [0.2, 0.25) is 0 Å². The topological polar surface area (TPSA) is 118 Å². The van der Waals surface area contributed by atoms with Crippen molar-refractivity contribution >= 4 is 57.2 Å². The van der Waals surface area contributed by atoms with Gasteiger partial charge in [-0.3, -0.25) is 14.4 Å². The number of benzene rings is 2. The van der Waals surface area contributed by atoms with Crippen molar-refractivity contribution in [2.45, 2.75) is 6.92 Å². The molecule has 2 aromatic rings. The van der Waals surface area contributed by atoms with E-state index in [-0.39, 0.29) is 12.5 Å². The van der Waals surface area contributed by atoms with Gasteiger partial charge in [-0.1, -0.05) is 17.7 Å². The Morgan fingerprint density at radius 3 is 2.61 bits per heavy atom. The Bertz CT molecular complexity index is 1030. The van der Waals surface area contributed by atoms with Crippen LogP contribution < -0.4 is 25.5 Å². The quantitative estimate of drug-likeness (QED) is 0.300. The summed E-state index contributed by atoms with van der Waals surface area (Å²) in [6, 6.07) is 8.43. The molecule has 0 heterocycles. The number of methoxy groups -OCH3 is 1. The Kier molecular flexibility index (Phi) is 8.83. The lowest BCUT2D eigenvalue weighted by Crippen LogP contribution is -2.35. The summed E-state index contributed by atoms with van der Waals surface area (Å²) in [7, 11) is 2.78. The van der Waals surface area contributed by atoms with E-state index in [4.69, 9.17) is 21.1 Å². The van der Waals surface area contributed by atoms with Crippen LogP contribution in [0, 0.1) is 6.92 Å². The van der Waals surface area contributed by atoms with Crippen LogP contribution in [0.2, 0.25) is 5.02 Å². The van der Waals surface area contributed by atoms with E-state index in [9.17, 15) is 14.4 Å². The molecule has 0 saturated heterocycles. The van der Waals surface area contributed by atoms with Crippen LogP contribution in [0.3, 0.4) is 0 Å². The van der Waals surface area contributed by atoms with Gasteiger partial charge in [-0.15, -0.1) is 0 Å². The van der Waals surface area contributed by atoms with Crippen LogP contribution in [0.5, 0.6) is 11.5 Å². The molecule has 0 saturated carbocycles. The van der Waals surface area contributed by atoms with Gasteiger partial charge in [0, 0.05) is 17.8 Å². The number of nitrogens with zero attached hydrogens (tertiary/aromatic N) is 1. The van der Waals surface area contributed by atoms with E-state index in [1.165, 1.54) is 20.4 Å². The van der Waals surface area contributed by atoms with Crippen molar-refractivity contribution in [3.63, 3.8) is 0 Å². The predicted molar refractivity (Wildman–Crippen MR) is 121 cm³/mol. The first-order chi connectivity index (χ1) is 14.7. The SMILES string of the molecule is CNC(=O)C(=O)N/N=C\c1cc(Br)c(OCC(=O)Nc2cc(Cl)ccc2C)c(OC)c1. The van der Waals surface area contributed by atoms with Crippen LogP contribution in [0.1, 0.15) is 11.1 Å². The number of carbonyl (C=O) groups is 3. The first kappa shape index (κ1) is 24.2. The maximum absolute atomic E-state index is 12.3. The molecule has 0 atom stereocenters. The zero-order valence-corrected chi connectivity index (χ0v) is 19.3. The molecule has 0 spiro atoms. The van der Waals surface area contributed by atoms with E-state index in [0.717, 1.165) is 5.56 Å². The average Bonchev–Trinajstić information content (AvgIpc) is 2.74. The lowest BCUT2D eigenvalue weighted by atomic mass is 10.2. The fourth-order valence-corrected chi connectivity index (χ4v) is 3.08. The second-order valence-corrected chi connectivity index (χ2v) is 7.40.